The summed E-state index contributed by atoms with van der Waals surface area (Å²) in [5, 5.41) is 2.97. The minimum Gasteiger partial charge on any atom is -0.406 e. The van der Waals surface area contributed by atoms with Crippen molar-refractivity contribution in [3.63, 3.8) is 0 Å². The molecule has 0 aliphatic carbocycles. The van der Waals surface area contributed by atoms with Crippen LogP contribution in [0.4, 0.5) is 13.2 Å². The van der Waals surface area contributed by atoms with Crippen LogP contribution in [0.1, 0.15) is 34.2 Å². The zero-order valence-corrected chi connectivity index (χ0v) is 19.5. The molecule has 0 saturated carbocycles. The third-order valence-corrected chi connectivity index (χ3v) is 5.76. The van der Waals surface area contributed by atoms with Gasteiger partial charge >= 0.3 is 6.36 Å². The first-order chi connectivity index (χ1) is 17.2. The number of hydrogen-bond donors (Lipinski definition) is 2. The van der Waals surface area contributed by atoms with E-state index in [1.807, 2.05) is 50.4 Å². The number of rotatable bonds is 6. The summed E-state index contributed by atoms with van der Waals surface area (Å²) in [6, 6.07) is 14.9. The van der Waals surface area contributed by atoms with Crippen molar-refractivity contribution >= 4 is 22.6 Å². The lowest BCUT2D eigenvalue weighted by atomic mass is 10.2. The topological polar surface area (TPSA) is 84.3 Å². The van der Waals surface area contributed by atoms with Gasteiger partial charge in [0.25, 0.3) is 5.91 Å². The highest BCUT2D eigenvalue weighted by Crippen LogP contribution is 2.27. The first-order valence-electron chi connectivity index (χ1n) is 11.3. The van der Waals surface area contributed by atoms with Gasteiger partial charge in [-0.2, -0.15) is 0 Å². The number of ether oxygens (including phenoxy) is 1. The maximum absolute atomic E-state index is 13.1. The van der Waals surface area contributed by atoms with Crippen LogP contribution in [0.2, 0.25) is 0 Å². The van der Waals surface area contributed by atoms with Crippen LogP contribution in [0.15, 0.2) is 60.8 Å². The molecule has 0 atom stereocenters. The highest BCUT2D eigenvalue weighted by atomic mass is 19.4. The number of nitrogens with one attached hydrogen (secondary N) is 2. The average molecular weight is 493 g/mol. The maximum atomic E-state index is 13.1. The van der Waals surface area contributed by atoms with E-state index in [2.05, 4.69) is 25.0 Å². The van der Waals surface area contributed by atoms with Gasteiger partial charge in [0.15, 0.2) is 0 Å². The molecule has 0 aliphatic heterocycles. The molecule has 5 rings (SSSR count). The summed E-state index contributed by atoms with van der Waals surface area (Å²) in [4.78, 5) is 25.3. The highest BCUT2D eigenvalue weighted by Gasteiger charge is 2.31. The third kappa shape index (κ3) is 4.74. The van der Waals surface area contributed by atoms with Crippen LogP contribution in [0.5, 0.6) is 5.75 Å². The fraction of sp³-hybridized carbons (Fsp3) is 0.192. The minimum absolute atomic E-state index is 0.213. The van der Waals surface area contributed by atoms with Gasteiger partial charge in [0.2, 0.25) is 0 Å². The standard InChI is InChI=1S/C26H22F3N5O2/c1-3-19-23(34-11-10-15(2)12-22(34)31-19)25(35)30-14-16-4-9-20-21(13-16)33-24(32-20)17-5-7-18(8-6-17)36-26(27,28)29/h4-13H,3,14H2,1-2H3,(H,30,35)(H,32,33). The Hall–Kier alpha value is -4.34. The van der Waals surface area contributed by atoms with E-state index < -0.39 is 6.36 Å². The summed E-state index contributed by atoms with van der Waals surface area (Å²) in [6.45, 7) is 4.25. The van der Waals surface area contributed by atoms with Gasteiger partial charge in [-0.25, -0.2) is 9.97 Å². The molecule has 0 aliphatic rings. The molecule has 0 fully saturated rings. The number of alkyl halides is 3. The number of benzene rings is 2. The van der Waals surface area contributed by atoms with Gasteiger partial charge in [-0.15, -0.1) is 13.2 Å². The quantitative estimate of drug-likeness (QED) is 0.324. The van der Waals surface area contributed by atoms with Crippen molar-refractivity contribution in [2.24, 2.45) is 0 Å². The Kier molecular flexibility index (Phi) is 5.87. The van der Waals surface area contributed by atoms with Gasteiger partial charge < -0.3 is 15.0 Å². The molecular weight excluding hydrogens is 471 g/mol. The Balaban J connectivity index is 1.33. The van der Waals surface area contributed by atoms with E-state index in [9.17, 15) is 18.0 Å². The van der Waals surface area contributed by atoms with Gasteiger partial charge in [0, 0.05) is 18.3 Å². The van der Waals surface area contributed by atoms with E-state index in [0.717, 1.165) is 28.0 Å². The van der Waals surface area contributed by atoms with Crippen LogP contribution in [-0.4, -0.2) is 31.6 Å². The SMILES string of the molecule is CCc1nc2cc(C)ccn2c1C(=O)NCc1ccc2nc(-c3ccc(OC(F)(F)F)cc3)[nH]c2c1. The van der Waals surface area contributed by atoms with Crippen LogP contribution in [0, 0.1) is 6.92 Å². The number of H-pyrrole nitrogens is 1. The molecule has 184 valence electrons. The molecule has 2 aromatic carbocycles. The van der Waals surface area contributed by atoms with Crippen LogP contribution < -0.4 is 10.1 Å². The predicted octanol–water partition coefficient (Wildman–Crippen LogP) is 5.58. The first-order valence-corrected chi connectivity index (χ1v) is 11.3. The molecule has 0 bridgehead atoms. The summed E-state index contributed by atoms with van der Waals surface area (Å²) in [5.41, 5.74) is 5.98. The number of carbonyl (C=O) groups is 1. The lowest BCUT2D eigenvalue weighted by molar-refractivity contribution is -0.274. The van der Waals surface area contributed by atoms with E-state index in [1.165, 1.54) is 24.3 Å². The largest absolute Gasteiger partial charge is 0.573 e. The second kappa shape index (κ2) is 9.03. The number of hydrogen-bond acceptors (Lipinski definition) is 4. The molecule has 36 heavy (non-hydrogen) atoms. The fourth-order valence-corrected chi connectivity index (χ4v) is 4.07. The number of nitrogens with zero attached hydrogens (tertiary/aromatic N) is 3. The van der Waals surface area contributed by atoms with Crippen molar-refractivity contribution in [3.05, 3.63) is 83.3 Å². The predicted molar refractivity (Wildman–Crippen MR) is 129 cm³/mol. The molecule has 0 saturated heterocycles. The van der Waals surface area contributed by atoms with Gasteiger partial charge in [-0.1, -0.05) is 13.0 Å². The second-order valence-corrected chi connectivity index (χ2v) is 8.38. The smallest absolute Gasteiger partial charge is 0.406 e. The number of halogens is 3. The minimum atomic E-state index is -4.74. The highest BCUT2D eigenvalue weighted by molar-refractivity contribution is 5.94. The summed E-state index contributed by atoms with van der Waals surface area (Å²) in [5.74, 6) is 0.000776. The maximum Gasteiger partial charge on any atom is 0.573 e. The van der Waals surface area contributed by atoms with Crippen LogP contribution >= 0.6 is 0 Å². The number of fused-ring (bicyclic) bond motifs is 2. The van der Waals surface area contributed by atoms with Crippen molar-refractivity contribution in [2.75, 3.05) is 0 Å². The van der Waals surface area contributed by atoms with Gasteiger partial charge in [0.1, 0.15) is 22.9 Å². The molecular formula is C26H22F3N5O2. The summed E-state index contributed by atoms with van der Waals surface area (Å²) < 4.78 is 42.9. The Bertz CT molecular complexity index is 1570. The molecule has 0 radical (unpaired) electrons. The number of aryl methyl sites for hydroxylation is 2. The lowest BCUT2D eigenvalue weighted by Crippen LogP contribution is -2.25. The molecule has 0 spiro atoms. The van der Waals surface area contributed by atoms with Crippen molar-refractivity contribution in [1.29, 1.82) is 0 Å². The fourth-order valence-electron chi connectivity index (χ4n) is 4.07. The van der Waals surface area contributed by atoms with E-state index in [4.69, 9.17) is 0 Å². The number of imidazole rings is 2. The number of aromatic nitrogens is 4. The van der Waals surface area contributed by atoms with Crippen molar-refractivity contribution < 1.29 is 22.7 Å². The van der Waals surface area contributed by atoms with Gasteiger partial charge in [-0.3, -0.25) is 9.20 Å². The average Bonchev–Trinajstić information content (AvgIpc) is 3.42. The van der Waals surface area contributed by atoms with Gasteiger partial charge in [-0.05, 0) is 73.0 Å². The van der Waals surface area contributed by atoms with Crippen LogP contribution in [0.3, 0.4) is 0 Å². The molecule has 2 N–H and O–H groups in total. The molecule has 1 amide bonds. The summed E-state index contributed by atoms with van der Waals surface area (Å²) in [6.07, 6.45) is -2.25. The van der Waals surface area contributed by atoms with Crippen molar-refractivity contribution in [1.82, 2.24) is 24.7 Å². The van der Waals surface area contributed by atoms with Crippen molar-refractivity contribution in [2.45, 2.75) is 33.2 Å². The Morgan fingerprint density at radius 1 is 1.08 bits per heavy atom. The molecule has 5 aromatic rings. The molecule has 3 aromatic heterocycles. The molecule has 7 nitrogen and oxygen atoms in total. The molecule has 0 unspecified atom stereocenters. The third-order valence-electron chi connectivity index (χ3n) is 5.76. The lowest BCUT2D eigenvalue weighted by Gasteiger charge is -2.08. The zero-order chi connectivity index (χ0) is 25.4. The summed E-state index contributed by atoms with van der Waals surface area (Å²) >= 11 is 0. The Morgan fingerprint density at radius 3 is 2.58 bits per heavy atom. The van der Waals surface area contributed by atoms with E-state index >= 15 is 0 Å². The van der Waals surface area contributed by atoms with Gasteiger partial charge in [0.05, 0.1) is 16.7 Å². The summed E-state index contributed by atoms with van der Waals surface area (Å²) in [7, 11) is 0. The zero-order valence-electron chi connectivity index (χ0n) is 19.5. The van der Waals surface area contributed by atoms with E-state index in [0.29, 0.717) is 35.6 Å². The van der Waals surface area contributed by atoms with Crippen LogP contribution in [-0.2, 0) is 13.0 Å². The number of aromatic amines is 1. The van der Waals surface area contributed by atoms with Crippen LogP contribution in [0.25, 0.3) is 28.1 Å². The number of carbonyl (C=O) groups excluding carboxylic acids is 1. The Morgan fingerprint density at radius 2 is 1.86 bits per heavy atom. The normalized spacial score (nSPS) is 11.8. The molecule has 3 heterocycles. The Labute approximate surface area is 204 Å². The second-order valence-electron chi connectivity index (χ2n) is 8.38. The monoisotopic (exact) mass is 493 g/mol. The van der Waals surface area contributed by atoms with E-state index in [1.54, 1.807) is 4.40 Å². The molecule has 10 heteroatoms. The van der Waals surface area contributed by atoms with Crippen molar-refractivity contribution in [3.8, 4) is 17.1 Å². The first kappa shape index (κ1) is 23.4. The number of pyridine rings is 1. The number of amides is 1. The van der Waals surface area contributed by atoms with E-state index in [-0.39, 0.29) is 11.7 Å².